The predicted octanol–water partition coefficient (Wildman–Crippen LogP) is 0.914. The van der Waals surface area contributed by atoms with Crippen LogP contribution in [-0.4, -0.2) is 34.4 Å². The highest BCUT2D eigenvalue weighted by molar-refractivity contribution is 5.98. The van der Waals surface area contributed by atoms with Gasteiger partial charge in [-0.2, -0.15) is 5.10 Å². The first-order chi connectivity index (χ1) is 9.70. The summed E-state index contributed by atoms with van der Waals surface area (Å²) in [6.07, 6.45) is 6.19. The lowest BCUT2D eigenvalue weighted by Crippen LogP contribution is -2.26. The molecule has 0 spiro atoms. The molecule has 0 bridgehead atoms. The van der Waals surface area contributed by atoms with Gasteiger partial charge < -0.3 is 10.1 Å². The molecule has 1 aliphatic rings. The Kier molecular flexibility index (Phi) is 3.23. The van der Waals surface area contributed by atoms with Gasteiger partial charge in [0.15, 0.2) is 0 Å². The highest BCUT2D eigenvalue weighted by Gasteiger charge is 2.24. The average molecular weight is 272 g/mol. The summed E-state index contributed by atoms with van der Waals surface area (Å²) in [5, 5.41) is 7.42. The van der Waals surface area contributed by atoms with E-state index in [0.717, 1.165) is 36.2 Å². The second kappa shape index (κ2) is 5.05. The van der Waals surface area contributed by atoms with E-state index in [4.69, 9.17) is 4.74 Å². The molecule has 0 aliphatic carbocycles. The van der Waals surface area contributed by atoms with Gasteiger partial charge in [0.05, 0.1) is 24.6 Å². The zero-order valence-corrected chi connectivity index (χ0v) is 11.5. The van der Waals surface area contributed by atoms with Gasteiger partial charge in [0.25, 0.3) is 0 Å². The first kappa shape index (κ1) is 12.8. The Labute approximate surface area is 116 Å². The lowest BCUT2D eigenvalue weighted by molar-refractivity contribution is 0.0599. The molecule has 6 nitrogen and oxygen atoms in total. The molecule has 0 radical (unpaired) electrons. The fraction of sp³-hybridized carbons (Fsp3) is 0.357. The minimum Gasteiger partial charge on any atom is -0.465 e. The van der Waals surface area contributed by atoms with Crippen LogP contribution < -0.4 is 5.32 Å². The summed E-state index contributed by atoms with van der Waals surface area (Å²) in [5.74, 6) is -0.338. The van der Waals surface area contributed by atoms with Crippen LogP contribution >= 0.6 is 0 Å². The van der Waals surface area contributed by atoms with Gasteiger partial charge in [-0.1, -0.05) is 0 Å². The number of ether oxygens (including phenoxy) is 1. The normalized spacial score (nSPS) is 13.9. The number of esters is 1. The largest absolute Gasteiger partial charge is 0.465 e. The van der Waals surface area contributed by atoms with E-state index in [1.807, 2.05) is 19.4 Å². The summed E-state index contributed by atoms with van der Waals surface area (Å²) in [6, 6.07) is 0. The van der Waals surface area contributed by atoms with Gasteiger partial charge in [-0.05, 0) is 24.1 Å². The molecule has 1 N–H and O–H groups in total. The average Bonchev–Trinajstić information content (AvgIpc) is 2.91. The lowest BCUT2D eigenvalue weighted by atomic mass is 9.94. The SMILES string of the molecule is COC(=O)c1c(-c2cnn(C)c2)ncc2c1CCNC2. The number of hydrogen-bond donors (Lipinski definition) is 1. The number of aromatic nitrogens is 3. The first-order valence-electron chi connectivity index (χ1n) is 6.49. The van der Waals surface area contributed by atoms with Crippen LogP contribution in [0.1, 0.15) is 21.5 Å². The summed E-state index contributed by atoms with van der Waals surface area (Å²) in [7, 11) is 3.24. The number of carbonyl (C=O) groups excluding carboxylic acids is 1. The molecule has 0 fully saturated rings. The summed E-state index contributed by atoms with van der Waals surface area (Å²) in [6.45, 7) is 1.59. The number of rotatable bonds is 2. The number of aryl methyl sites for hydroxylation is 1. The van der Waals surface area contributed by atoms with Crippen LogP contribution in [0.3, 0.4) is 0 Å². The quantitative estimate of drug-likeness (QED) is 0.823. The van der Waals surface area contributed by atoms with Crippen molar-refractivity contribution in [2.45, 2.75) is 13.0 Å². The van der Waals surface area contributed by atoms with Crippen molar-refractivity contribution in [1.29, 1.82) is 0 Å². The number of fused-ring (bicyclic) bond motifs is 1. The van der Waals surface area contributed by atoms with Gasteiger partial charge >= 0.3 is 5.97 Å². The summed E-state index contributed by atoms with van der Waals surface area (Å²) in [5.41, 5.74) is 4.13. The van der Waals surface area contributed by atoms with Crippen molar-refractivity contribution in [3.8, 4) is 11.3 Å². The maximum absolute atomic E-state index is 12.2. The van der Waals surface area contributed by atoms with Gasteiger partial charge in [0.1, 0.15) is 0 Å². The Morgan fingerprint density at radius 3 is 3.00 bits per heavy atom. The monoisotopic (exact) mass is 272 g/mol. The van der Waals surface area contributed by atoms with E-state index in [1.165, 1.54) is 7.11 Å². The molecule has 0 atom stereocenters. The van der Waals surface area contributed by atoms with Gasteiger partial charge in [-0.25, -0.2) is 4.79 Å². The minimum absolute atomic E-state index is 0.338. The van der Waals surface area contributed by atoms with Crippen molar-refractivity contribution in [2.75, 3.05) is 13.7 Å². The number of hydrogen-bond acceptors (Lipinski definition) is 5. The highest BCUT2D eigenvalue weighted by Crippen LogP contribution is 2.28. The van der Waals surface area contributed by atoms with E-state index in [9.17, 15) is 4.79 Å². The van der Waals surface area contributed by atoms with Crippen molar-refractivity contribution in [1.82, 2.24) is 20.1 Å². The van der Waals surface area contributed by atoms with Crippen LogP contribution in [0.2, 0.25) is 0 Å². The second-order valence-electron chi connectivity index (χ2n) is 4.81. The van der Waals surface area contributed by atoms with Crippen molar-refractivity contribution < 1.29 is 9.53 Å². The van der Waals surface area contributed by atoms with Crippen LogP contribution in [0.4, 0.5) is 0 Å². The molecule has 1 aliphatic heterocycles. The molecule has 0 aromatic carbocycles. The van der Waals surface area contributed by atoms with Crippen LogP contribution in [-0.2, 0) is 24.8 Å². The van der Waals surface area contributed by atoms with Crippen LogP contribution in [0.15, 0.2) is 18.6 Å². The molecular weight excluding hydrogens is 256 g/mol. The van der Waals surface area contributed by atoms with Gasteiger partial charge in [0.2, 0.25) is 0 Å². The third kappa shape index (κ3) is 2.08. The predicted molar refractivity (Wildman–Crippen MR) is 73.2 cm³/mol. The van der Waals surface area contributed by atoms with Crippen molar-refractivity contribution in [3.63, 3.8) is 0 Å². The maximum atomic E-state index is 12.2. The van der Waals surface area contributed by atoms with E-state index >= 15 is 0 Å². The van der Waals surface area contributed by atoms with Crippen molar-refractivity contribution in [2.24, 2.45) is 7.05 Å². The molecule has 0 amide bonds. The van der Waals surface area contributed by atoms with Gasteiger partial charge in [0, 0.05) is 31.5 Å². The Balaban J connectivity index is 2.21. The highest BCUT2D eigenvalue weighted by atomic mass is 16.5. The van der Waals surface area contributed by atoms with E-state index in [2.05, 4.69) is 15.4 Å². The topological polar surface area (TPSA) is 69.0 Å². The molecule has 104 valence electrons. The third-order valence-corrected chi connectivity index (χ3v) is 3.51. The summed E-state index contributed by atoms with van der Waals surface area (Å²) < 4.78 is 6.64. The van der Waals surface area contributed by atoms with Gasteiger partial charge in [-0.15, -0.1) is 0 Å². The number of carbonyl (C=O) groups is 1. The zero-order chi connectivity index (χ0) is 14.1. The Morgan fingerprint density at radius 2 is 2.30 bits per heavy atom. The number of methoxy groups -OCH3 is 1. The minimum atomic E-state index is -0.338. The van der Waals surface area contributed by atoms with Crippen LogP contribution in [0.25, 0.3) is 11.3 Å². The summed E-state index contributed by atoms with van der Waals surface area (Å²) in [4.78, 5) is 16.6. The molecule has 0 saturated heterocycles. The standard InChI is InChI=1S/C14H16N4O2/c1-18-8-10(7-17-18)13-12(14(19)20-2)11-3-4-15-5-9(11)6-16-13/h6-8,15H,3-5H2,1-2H3. The van der Waals surface area contributed by atoms with Crippen molar-refractivity contribution in [3.05, 3.63) is 35.3 Å². The molecule has 3 rings (SSSR count). The van der Waals surface area contributed by atoms with Crippen LogP contribution in [0.5, 0.6) is 0 Å². The first-order valence-corrected chi connectivity index (χ1v) is 6.49. The third-order valence-electron chi connectivity index (χ3n) is 3.51. The molecule has 6 heteroatoms. The fourth-order valence-electron chi connectivity index (χ4n) is 2.55. The van der Waals surface area contributed by atoms with E-state index in [0.29, 0.717) is 11.3 Å². The number of pyridine rings is 1. The van der Waals surface area contributed by atoms with Gasteiger partial charge in [-0.3, -0.25) is 9.67 Å². The molecule has 2 aromatic rings. The Morgan fingerprint density at radius 1 is 1.45 bits per heavy atom. The maximum Gasteiger partial charge on any atom is 0.340 e. The van der Waals surface area contributed by atoms with E-state index < -0.39 is 0 Å². The number of nitrogens with zero attached hydrogens (tertiary/aromatic N) is 3. The molecule has 2 aromatic heterocycles. The fourth-order valence-corrected chi connectivity index (χ4v) is 2.55. The second-order valence-corrected chi connectivity index (χ2v) is 4.81. The Hall–Kier alpha value is -2.21. The summed E-state index contributed by atoms with van der Waals surface area (Å²) >= 11 is 0. The van der Waals surface area contributed by atoms with E-state index in [-0.39, 0.29) is 5.97 Å². The Bertz CT molecular complexity index is 663. The van der Waals surface area contributed by atoms with E-state index in [1.54, 1.807) is 10.9 Å². The van der Waals surface area contributed by atoms with Crippen LogP contribution in [0, 0.1) is 0 Å². The molecule has 0 unspecified atom stereocenters. The zero-order valence-electron chi connectivity index (χ0n) is 11.5. The molecule has 0 saturated carbocycles. The number of nitrogens with one attached hydrogen (secondary N) is 1. The lowest BCUT2D eigenvalue weighted by Gasteiger charge is -2.20. The molecule has 20 heavy (non-hydrogen) atoms. The van der Waals surface area contributed by atoms with Crippen molar-refractivity contribution >= 4 is 5.97 Å². The molecular formula is C14H16N4O2. The molecule has 3 heterocycles. The smallest absolute Gasteiger partial charge is 0.340 e.